The van der Waals surface area contributed by atoms with Crippen LogP contribution in [0.2, 0.25) is 0 Å². The molecule has 2 aromatic rings. The van der Waals surface area contributed by atoms with E-state index in [1.165, 1.54) is 28.5 Å². The van der Waals surface area contributed by atoms with Gasteiger partial charge in [-0.2, -0.15) is 0 Å². The van der Waals surface area contributed by atoms with E-state index in [4.69, 9.17) is 0 Å². The molecule has 2 aromatic carbocycles. The molecular formula is C24H30N2O3S. The van der Waals surface area contributed by atoms with E-state index < -0.39 is 10.0 Å². The summed E-state index contributed by atoms with van der Waals surface area (Å²) in [7, 11) is -3.21. The van der Waals surface area contributed by atoms with Crippen LogP contribution in [0.1, 0.15) is 42.7 Å². The monoisotopic (exact) mass is 426 g/mol. The van der Waals surface area contributed by atoms with Crippen LogP contribution in [0.3, 0.4) is 0 Å². The molecule has 6 heteroatoms. The number of likely N-dealkylation sites (tertiary alicyclic amines) is 1. The van der Waals surface area contributed by atoms with E-state index in [1.54, 1.807) is 0 Å². The van der Waals surface area contributed by atoms with Crippen LogP contribution in [0.25, 0.3) is 11.1 Å². The second-order valence-electron chi connectivity index (χ2n) is 8.75. The molecule has 3 atom stereocenters. The maximum absolute atomic E-state index is 13.2. The maximum atomic E-state index is 13.2. The highest BCUT2D eigenvalue weighted by molar-refractivity contribution is 7.88. The van der Waals surface area contributed by atoms with E-state index >= 15 is 0 Å². The summed E-state index contributed by atoms with van der Waals surface area (Å²) in [4.78, 5) is 15.1. The predicted octanol–water partition coefficient (Wildman–Crippen LogP) is 3.70. The number of nitrogens with zero attached hydrogens (tertiary/aromatic N) is 1. The first kappa shape index (κ1) is 21.1. The van der Waals surface area contributed by atoms with Crippen LogP contribution in [0.5, 0.6) is 0 Å². The summed E-state index contributed by atoms with van der Waals surface area (Å²) < 4.78 is 25.7. The summed E-state index contributed by atoms with van der Waals surface area (Å²) in [6, 6.07) is 16.9. The van der Waals surface area contributed by atoms with E-state index in [2.05, 4.69) is 60.2 Å². The summed E-state index contributed by atoms with van der Waals surface area (Å²) in [5, 5.41) is 0. The fourth-order valence-electron chi connectivity index (χ4n) is 4.60. The Labute approximate surface area is 179 Å². The number of benzene rings is 2. The predicted molar refractivity (Wildman–Crippen MR) is 120 cm³/mol. The van der Waals surface area contributed by atoms with Crippen molar-refractivity contribution in [2.45, 2.75) is 44.6 Å². The highest BCUT2D eigenvalue weighted by atomic mass is 32.2. The van der Waals surface area contributed by atoms with Crippen molar-refractivity contribution in [3.63, 3.8) is 0 Å². The lowest BCUT2D eigenvalue weighted by atomic mass is 9.95. The Bertz CT molecular complexity index is 1020. The Morgan fingerprint density at radius 1 is 1.03 bits per heavy atom. The van der Waals surface area contributed by atoms with Crippen LogP contribution < -0.4 is 4.72 Å². The topological polar surface area (TPSA) is 66.5 Å². The number of carbonyl (C=O) groups is 1. The number of sulfonamides is 1. The van der Waals surface area contributed by atoms with Crippen LogP contribution in [-0.4, -0.2) is 44.6 Å². The smallest absolute Gasteiger partial charge is 0.226 e. The van der Waals surface area contributed by atoms with Gasteiger partial charge in [-0.05, 0) is 55.2 Å². The maximum Gasteiger partial charge on any atom is 0.226 e. The molecule has 0 bridgehead atoms. The van der Waals surface area contributed by atoms with Gasteiger partial charge in [-0.25, -0.2) is 13.1 Å². The SMILES string of the molecule is Cc1ccc(-c2ccccc2[C@@H]2C[C@H]2C(=O)N2CCC[C@H](NS(C)(=O)=O)CC2)cc1. The van der Waals surface area contributed by atoms with Gasteiger partial charge in [0, 0.05) is 25.0 Å². The summed E-state index contributed by atoms with van der Waals surface area (Å²) in [6.45, 7) is 3.42. The van der Waals surface area contributed by atoms with Gasteiger partial charge in [0.05, 0.1) is 6.26 Å². The van der Waals surface area contributed by atoms with E-state index in [0.29, 0.717) is 19.5 Å². The van der Waals surface area contributed by atoms with Crippen molar-refractivity contribution in [3.8, 4) is 11.1 Å². The Balaban J connectivity index is 1.44. The minimum absolute atomic E-state index is 0.0380. The molecule has 0 aromatic heterocycles. The Morgan fingerprint density at radius 2 is 1.77 bits per heavy atom. The first-order valence-electron chi connectivity index (χ1n) is 10.7. The summed E-state index contributed by atoms with van der Waals surface area (Å²) in [5.74, 6) is 0.526. The molecule has 1 N–H and O–H groups in total. The zero-order valence-corrected chi connectivity index (χ0v) is 18.5. The van der Waals surface area contributed by atoms with Gasteiger partial charge in [0.1, 0.15) is 0 Å². The molecule has 1 amide bonds. The van der Waals surface area contributed by atoms with Gasteiger partial charge in [0.15, 0.2) is 0 Å². The molecule has 1 saturated carbocycles. The third kappa shape index (κ3) is 4.93. The quantitative estimate of drug-likeness (QED) is 0.793. The van der Waals surface area contributed by atoms with Crippen molar-refractivity contribution < 1.29 is 13.2 Å². The lowest BCUT2D eigenvalue weighted by Gasteiger charge is -2.21. The van der Waals surface area contributed by atoms with Crippen molar-refractivity contribution >= 4 is 15.9 Å². The lowest BCUT2D eigenvalue weighted by Crippen LogP contribution is -2.36. The van der Waals surface area contributed by atoms with E-state index in [-0.39, 0.29) is 23.8 Å². The number of hydrogen-bond acceptors (Lipinski definition) is 3. The molecule has 0 unspecified atom stereocenters. The molecule has 1 aliphatic heterocycles. The molecule has 2 aliphatic rings. The molecule has 5 nitrogen and oxygen atoms in total. The molecule has 4 rings (SSSR count). The number of hydrogen-bond donors (Lipinski definition) is 1. The van der Waals surface area contributed by atoms with Crippen molar-refractivity contribution in [1.82, 2.24) is 9.62 Å². The number of carbonyl (C=O) groups excluding carboxylic acids is 1. The van der Waals surface area contributed by atoms with Crippen LogP contribution in [0, 0.1) is 12.8 Å². The standard InChI is InChI=1S/C24H30N2O3S/c1-17-9-11-18(12-10-17)20-7-3-4-8-21(20)22-16-23(22)24(27)26-14-5-6-19(13-15-26)25-30(2,28)29/h3-4,7-12,19,22-23,25H,5-6,13-16H2,1-2H3/t19-,22-,23+/m0/s1. The second kappa shape index (κ2) is 8.52. The van der Waals surface area contributed by atoms with Crippen molar-refractivity contribution in [1.29, 1.82) is 0 Å². The van der Waals surface area contributed by atoms with Crippen LogP contribution in [0.15, 0.2) is 48.5 Å². The van der Waals surface area contributed by atoms with Crippen LogP contribution in [-0.2, 0) is 14.8 Å². The third-order valence-corrected chi connectivity index (χ3v) is 7.01. The number of aryl methyl sites for hydroxylation is 1. The fraction of sp³-hybridized carbons (Fsp3) is 0.458. The van der Waals surface area contributed by atoms with Crippen LogP contribution >= 0.6 is 0 Å². The highest BCUT2D eigenvalue weighted by Gasteiger charge is 2.46. The van der Waals surface area contributed by atoms with Gasteiger partial charge in [0.2, 0.25) is 15.9 Å². The van der Waals surface area contributed by atoms with Crippen molar-refractivity contribution in [3.05, 3.63) is 59.7 Å². The molecule has 0 radical (unpaired) electrons. The zero-order chi connectivity index (χ0) is 21.3. The minimum Gasteiger partial charge on any atom is -0.342 e. The Hall–Kier alpha value is -2.18. The van der Waals surface area contributed by atoms with Gasteiger partial charge in [-0.15, -0.1) is 0 Å². The zero-order valence-electron chi connectivity index (χ0n) is 17.7. The first-order chi connectivity index (χ1) is 14.3. The summed E-state index contributed by atoms with van der Waals surface area (Å²) in [6.07, 6.45) is 4.37. The third-order valence-electron chi connectivity index (χ3n) is 6.25. The second-order valence-corrected chi connectivity index (χ2v) is 10.5. The number of nitrogens with one attached hydrogen (secondary N) is 1. The molecule has 1 aliphatic carbocycles. The van der Waals surface area contributed by atoms with Gasteiger partial charge in [-0.3, -0.25) is 4.79 Å². The fourth-order valence-corrected chi connectivity index (χ4v) is 5.44. The molecule has 1 heterocycles. The number of amides is 1. The summed E-state index contributed by atoms with van der Waals surface area (Å²) in [5.41, 5.74) is 4.90. The van der Waals surface area contributed by atoms with Crippen molar-refractivity contribution in [2.24, 2.45) is 5.92 Å². The molecule has 2 fully saturated rings. The highest BCUT2D eigenvalue weighted by Crippen LogP contribution is 2.51. The molecular weight excluding hydrogens is 396 g/mol. The normalized spacial score (nSPS) is 24.3. The van der Waals surface area contributed by atoms with Gasteiger partial charge in [-0.1, -0.05) is 54.1 Å². The molecule has 0 spiro atoms. The van der Waals surface area contributed by atoms with Gasteiger partial charge < -0.3 is 4.90 Å². The van der Waals surface area contributed by atoms with E-state index in [9.17, 15) is 13.2 Å². The minimum atomic E-state index is -3.21. The van der Waals surface area contributed by atoms with Gasteiger partial charge in [0.25, 0.3) is 0 Å². The van der Waals surface area contributed by atoms with Crippen molar-refractivity contribution in [2.75, 3.05) is 19.3 Å². The average molecular weight is 427 g/mol. The summed E-state index contributed by atoms with van der Waals surface area (Å²) >= 11 is 0. The molecule has 30 heavy (non-hydrogen) atoms. The number of rotatable bonds is 5. The molecule has 160 valence electrons. The first-order valence-corrected chi connectivity index (χ1v) is 12.6. The molecule has 1 saturated heterocycles. The Kier molecular flexibility index (Phi) is 5.98. The van der Waals surface area contributed by atoms with E-state index in [1.807, 2.05) is 4.90 Å². The lowest BCUT2D eigenvalue weighted by molar-refractivity contribution is -0.132. The van der Waals surface area contributed by atoms with Crippen LogP contribution in [0.4, 0.5) is 0 Å². The van der Waals surface area contributed by atoms with E-state index in [0.717, 1.165) is 19.3 Å². The average Bonchev–Trinajstić information content (AvgIpc) is 3.51. The largest absolute Gasteiger partial charge is 0.342 e. The Morgan fingerprint density at radius 3 is 2.50 bits per heavy atom. The van der Waals surface area contributed by atoms with Gasteiger partial charge >= 0.3 is 0 Å².